The highest BCUT2D eigenvalue weighted by molar-refractivity contribution is 5.63. The van der Waals surface area contributed by atoms with Crippen molar-refractivity contribution in [1.82, 2.24) is 0 Å². The van der Waals surface area contributed by atoms with Crippen molar-refractivity contribution < 1.29 is 136 Å². The topological polar surface area (TPSA) is 504 Å². The van der Waals surface area contributed by atoms with Gasteiger partial charge in [-0.2, -0.15) is 0 Å². The van der Waals surface area contributed by atoms with E-state index in [4.69, 9.17) is 90.5 Å². The number of aldehydes is 2. The predicted molar refractivity (Wildman–Crippen MR) is 170 cm³/mol. The average Bonchev–Trinajstić information content (AvgIpc) is 3.18. The van der Waals surface area contributed by atoms with Gasteiger partial charge in [-0.25, -0.2) is 0 Å². The zero-order valence-corrected chi connectivity index (χ0v) is 29.1. The molecule has 21 N–H and O–H groups in total. The normalized spacial score (nSPS) is 31.3. The van der Waals surface area contributed by atoms with Crippen LogP contribution in [0.3, 0.4) is 0 Å². The zero-order chi connectivity index (χ0) is 43.7. The van der Waals surface area contributed by atoms with Gasteiger partial charge in [0.05, 0.1) is 39.6 Å². The van der Waals surface area contributed by atoms with Crippen LogP contribution in [0.25, 0.3) is 0 Å². The highest BCUT2D eigenvalue weighted by Gasteiger charge is 2.50. The monoisotopic (exact) mass is 824 g/mol. The summed E-state index contributed by atoms with van der Waals surface area (Å²) >= 11 is 0. The van der Waals surface area contributed by atoms with E-state index in [9.17, 15) is 45.3 Å². The Morgan fingerprint density at radius 1 is 0.582 bits per heavy atom. The zero-order valence-electron chi connectivity index (χ0n) is 29.1. The molecule has 2 fully saturated rings. The van der Waals surface area contributed by atoms with Gasteiger partial charge in [-0.15, -0.1) is 0 Å². The molecule has 27 nitrogen and oxygen atoms in total. The molecule has 0 unspecified atom stereocenters. The standard InChI is InChI=1S/C12H22O11.C6H12O6.C5H10O5.C3H8O3.C2H4O2/c13-1-3-5(15)6(16)9(19)12(22-3)23-10-4(2-14)21-11(20)8(18)7(10)17;7-1-3(9)5(11)6(12)4(10)2-8;6-1-3(8)5(10)4(9)2-7;4-1-3(6)2-5;1-2(3)4/h3-20H,1-2H2;1,3-6,8-12H,2H2;1,3-5,7-10H,2H2;3-6H,1-2H2;1H3,(H,3,4)/t3-,4-,5-,6+,7-,8-,9-,10-,11-,12+;3-,4+,5+,6+;3-,4+,5+;;/m100../s1. The number of rotatable bonds is 15. The quantitative estimate of drug-likeness (QED) is 0.0682. The number of ether oxygens (including phenoxy) is 3. The van der Waals surface area contributed by atoms with Gasteiger partial charge >= 0.3 is 0 Å². The lowest BCUT2D eigenvalue weighted by atomic mass is 9.97. The molecule has 0 aromatic carbocycles. The lowest BCUT2D eigenvalue weighted by Crippen LogP contribution is -2.64. The van der Waals surface area contributed by atoms with Gasteiger partial charge in [-0.05, 0) is 0 Å². The minimum Gasteiger partial charge on any atom is -0.481 e. The first-order valence-electron chi connectivity index (χ1n) is 15.8. The largest absolute Gasteiger partial charge is 0.481 e. The summed E-state index contributed by atoms with van der Waals surface area (Å²) in [7, 11) is 0. The van der Waals surface area contributed by atoms with Crippen molar-refractivity contribution in [2.45, 2.75) is 117 Å². The number of aliphatic hydroxyl groups excluding tert-OH is 20. The summed E-state index contributed by atoms with van der Waals surface area (Å²) in [5.41, 5.74) is 0. The van der Waals surface area contributed by atoms with Crippen molar-refractivity contribution in [2.24, 2.45) is 0 Å². The summed E-state index contributed by atoms with van der Waals surface area (Å²) in [6.07, 6.45) is -28.0. The fourth-order valence-electron chi connectivity index (χ4n) is 3.66. The number of aliphatic hydroxyl groups is 20. The lowest BCUT2D eigenvalue weighted by molar-refractivity contribution is -0.355. The maximum Gasteiger partial charge on any atom is 0.300 e. The molecule has 2 rings (SSSR count). The Labute approximate surface area is 311 Å². The molecule has 27 heteroatoms. The molecular weight excluding hydrogens is 768 g/mol. The van der Waals surface area contributed by atoms with Crippen molar-refractivity contribution in [3.63, 3.8) is 0 Å². The van der Waals surface area contributed by atoms with Crippen LogP contribution in [0.4, 0.5) is 0 Å². The first kappa shape index (κ1) is 57.2. The van der Waals surface area contributed by atoms with Gasteiger partial charge < -0.3 is 131 Å². The van der Waals surface area contributed by atoms with Crippen LogP contribution in [0, 0.1) is 0 Å². The van der Waals surface area contributed by atoms with E-state index < -0.39 is 143 Å². The van der Waals surface area contributed by atoms with E-state index in [1.807, 2.05) is 0 Å². The number of carboxylic acids is 1. The van der Waals surface area contributed by atoms with E-state index in [2.05, 4.69) is 0 Å². The Balaban J connectivity index is -0.000000711. The molecule has 0 aromatic rings. The van der Waals surface area contributed by atoms with E-state index in [0.29, 0.717) is 0 Å². The fraction of sp³-hybridized carbons (Fsp3) is 0.893. The second-order valence-corrected chi connectivity index (χ2v) is 11.3. The van der Waals surface area contributed by atoms with Crippen LogP contribution in [0.15, 0.2) is 0 Å². The molecule has 0 amide bonds. The fourth-order valence-corrected chi connectivity index (χ4v) is 3.66. The number of hydrogen-bond donors (Lipinski definition) is 21. The Hall–Kier alpha value is -2.11. The lowest BCUT2D eigenvalue weighted by Gasteiger charge is -2.45. The first-order valence-corrected chi connectivity index (χ1v) is 15.8. The number of aliphatic carboxylic acids is 1. The van der Waals surface area contributed by atoms with Crippen molar-refractivity contribution in [3.05, 3.63) is 0 Å². The molecule has 0 bridgehead atoms. The summed E-state index contributed by atoms with van der Waals surface area (Å²) in [6, 6.07) is 0. The van der Waals surface area contributed by atoms with Gasteiger partial charge in [0.25, 0.3) is 5.97 Å². The van der Waals surface area contributed by atoms with Crippen molar-refractivity contribution >= 4 is 18.5 Å². The Kier molecular flexibility index (Phi) is 32.2. The summed E-state index contributed by atoms with van der Waals surface area (Å²) in [6.45, 7) is -2.44. The molecule has 330 valence electrons. The molecule has 0 radical (unpaired) electrons. The maximum atomic E-state index is 9.94. The average molecular weight is 825 g/mol. The van der Waals surface area contributed by atoms with Crippen molar-refractivity contribution in [2.75, 3.05) is 39.6 Å². The molecule has 2 saturated heterocycles. The highest BCUT2D eigenvalue weighted by Crippen LogP contribution is 2.28. The third-order valence-corrected chi connectivity index (χ3v) is 6.89. The van der Waals surface area contributed by atoms with Gasteiger partial charge in [0, 0.05) is 6.92 Å². The van der Waals surface area contributed by atoms with Gasteiger partial charge in [0.15, 0.2) is 25.2 Å². The van der Waals surface area contributed by atoms with E-state index in [0.717, 1.165) is 6.92 Å². The smallest absolute Gasteiger partial charge is 0.300 e. The summed E-state index contributed by atoms with van der Waals surface area (Å²) in [5.74, 6) is -0.833. The number of carbonyl (C=O) groups excluding carboxylic acids is 2. The Morgan fingerprint density at radius 2 is 1.00 bits per heavy atom. The Morgan fingerprint density at radius 3 is 1.36 bits per heavy atom. The predicted octanol–water partition coefficient (Wildman–Crippen LogP) is -13.1. The van der Waals surface area contributed by atoms with Crippen molar-refractivity contribution in [1.29, 1.82) is 0 Å². The Bertz CT molecular complexity index is 969. The molecule has 0 aliphatic carbocycles. The summed E-state index contributed by atoms with van der Waals surface area (Å²) in [4.78, 5) is 28.7. The summed E-state index contributed by atoms with van der Waals surface area (Å²) < 4.78 is 15.3. The van der Waals surface area contributed by atoms with Gasteiger partial charge in [-0.1, -0.05) is 0 Å². The van der Waals surface area contributed by atoms with Crippen LogP contribution in [0.2, 0.25) is 0 Å². The molecule has 17 atom stereocenters. The highest BCUT2D eigenvalue weighted by atomic mass is 16.7. The minimum absolute atomic E-state index is 0.0258. The van der Waals surface area contributed by atoms with Gasteiger partial charge in [-0.3, -0.25) is 4.79 Å². The van der Waals surface area contributed by atoms with Gasteiger partial charge in [0.1, 0.15) is 97.7 Å². The molecule has 0 spiro atoms. The molecule has 2 heterocycles. The van der Waals surface area contributed by atoms with Crippen LogP contribution in [0.1, 0.15) is 6.92 Å². The van der Waals surface area contributed by atoms with E-state index in [1.54, 1.807) is 0 Å². The first-order chi connectivity index (χ1) is 25.5. The minimum atomic E-state index is -1.79. The van der Waals surface area contributed by atoms with Crippen LogP contribution < -0.4 is 0 Å². The molecular formula is C28H56O27. The number of carbonyl (C=O) groups is 3. The molecule has 2 aliphatic heterocycles. The molecule has 0 aromatic heterocycles. The maximum absolute atomic E-state index is 9.94. The third-order valence-electron chi connectivity index (χ3n) is 6.89. The van der Waals surface area contributed by atoms with Gasteiger partial charge in [0.2, 0.25) is 0 Å². The van der Waals surface area contributed by atoms with E-state index in [-0.39, 0.29) is 25.8 Å². The number of hydrogen-bond acceptors (Lipinski definition) is 26. The second kappa shape index (κ2) is 31.0. The second-order valence-electron chi connectivity index (χ2n) is 11.3. The summed E-state index contributed by atoms with van der Waals surface area (Å²) in [5, 5.41) is 186. The molecule has 55 heavy (non-hydrogen) atoms. The third kappa shape index (κ3) is 21.3. The van der Waals surface area contributed by atoms with Crippen molar-refractivity contribution in [3.8, 4) is 0 Å². The van der Waals surface area contributed by atoms with Crippen LogP contribution in [0.5, 0.6) is 0 Å². The number of carboxylic acid groups (broad SMARTS) is 1. The molecule has 2 aliphatic rings. The van der Waals surface area contributed by atoms with Crippen LogP contribution in [-0.4, -0.2) is 276 Å². The SMILES string of the molecule is CC(=O)O.O=C[C@H](O)[C@@H](O)[C@H](O)CO.O=C[C@H](O)[C@@H](O)[C@H](O)[C@H](O)CO.OCC(O)CO.OC[C@H]1O[C@@H](O[C@H]2[C@H](O)[C@@H](O)[C@H](O)O[C@@H]2CO)[C@H](O)[C@@H](O)[C@@H]1O. The van der Waals surface area contributed by atoms with E-state index >= 15 is 0 Å². The van der Waals surface area contributed by atoms with Crippen LogP contribution in [-0.2, 0) is 28.6 Å². The van der Waals surface area contributed by atoms with Crippen LogP contribution >= 0.6 is 0 Å². The van der Waals surface area contributed by atoms with E-state index in [1.165, 1.54) is 0 Å². The molecule has 0 saturated carbocycles.